The van der Waals surface area contributed by atoms with Crippen LogP contribution in [0.25, 0.3) is 0 Å². The van der Waals surface area contributed by atoms with Gasteiger partial charge in [0.15, 0.2) is 0 Å². The summed E-state index contributed by atoms with van der Waals surface area (Å²) in [6.45, 7) is 5.74. The Kier molecular flexibility index (Phi) is 2.90. The van der Waals surface area contributed by atoms with E-state index in [0.717, 1.165) is 18.8 Å². The van der Waals surface area contributed by atoms with Crippen molar-refractivity contribution < 1.29 is 14.7 Å². The van der Waals surface area contributed by atoms with E-state index in [1.165, 1.54) is 0 Å². The quantitative estimate of drug-likeness (QED) is 0.788. The first kappa shape index (κ1) is 11.8. The van der Waals surface area contributed by atoms with E-state index in [1.54, 1.807) is 0 Å². The molecule has 0 radical (unpaired) electrons. The fourth-order valence-electron chi connectivity index (χ4n) is 2.18. The van der Waals surface area contributed by atoms with Crippen molar-refractivity contribution in [1.82, 2.24) is 4.90 Å². The SMILES string of the molecule is CC1(C)CN(C(=O)C2CC2C(=O)O)CCS1. The van der Waals surface area contributed by atoms with Crippen molar-refractivity contribution in [2.24, 2.45) is 11.8 Å². The zero-order valence-electron chi connectivity index (χ0n) is 9.60. The first-order valence-electron chi connectivity index (χ1n) is 5.56. The van der Waals surface area contributed by atoms with Gasteiger partial charge in [0.2, 0.25) is 5.91 Å². The zero-order valence-corrected chi connectivity index (χ0v) is 10.4. The van der Waals surface area contributed by atoms with Gasteiger partial charge in [0.1, 0.15) is 0 Å². The van der Waals surface area contributed by atoms with Crippen LogP contribution in [-0.4, -0.2) is 45.5 Å². The molecule has 1 aliphatic carbocycles. The maximum absolute atomic E-state index is 12.0. The van der Waals surface area contributed by atoms with Gasteiger partial charge in [-0.25, -0.2) is 0 Å². The number of carboxylic acid groups (broad SMARTS) is 1. The Labute approximate surface area is 99.4 Å². The molecule has 1 saturated carbocycles. The van der Waals surface area contributed by atoms with Crippen molar-refractivity contribution in [3.05, 3.63) is 0 Å². The molecule has 2 rings (SSSR count). The predicted molar refractivity (Wildman–Crippen MR) is 62.3 cm³/mol. The molecule has 16 heavy (non-hydrogen) atoms. The lowest BCUT2D eigenvalue weighted by molar-refractivity contribution is -0.142. The molecule has 90 valence electrons. The van der Waals surface area contributed by atoms with Crippen LogP contribution in [0.1, 0.15) is 20.3 Å². The molecule has 1 saturated heterocycles. The number of rotatable bonds is 2. The molecule has 1 heterocycles. The van der Waals surface area contributed by atoms with Crippen LogP contribution in [0.4, 0.5) is 0 Å². The molecular weight excluding hydrogens is 226 g/mol. The molecule has 2 fully saturated rings. The molecule has 1 amide bonds. The van der Waals surface area contributed by atoms with Gasteiger partial charge in [-0.3, -0.25) is 9.59 Å². The number of amides is 1. The van der Waals surface area contributed by atoms with Gasteiger partial charge in [-0.1, -0.05) is 0 Å². The average Bonchev–Trinajstić information content (AvgIpc) is 2.94. The smallest absolute Gasteiger partial charge is 0.307 e. The van der Waals surface area contributed by atoms with E-state index >= 15 is 0 Å². The first-order chi connectivity index (χ1) is 7.41. The summed E-state index contributed by atoms with van der Waals surface area (Å²) in [5.74, 6) is -0.519. The van der Waals surface area contributed by atoms with Crippen LogP contribution in [0.3, 0.4) is 0 Å². The van der Waals surface area contributed by atoms with E-state index in [4.69, 9.17) is 5.11 Å². The monoisotopic (exact) mass is 243 g/mol. The highest BCUT2D eigenvalue weighted by Gasteiger charge is 2.50. The van der Waals surface area contributed by atoms with Crippen molar-refractivity contribution in [3.8, 4) is 0 Å². The third kappa shape index (κ3) is 2.34. The minimum Gasteiger partial charge on any atom is -0.481 e. The van der Waals surface area contributed by atoms with Gasteiger partial charge >= 0.3 is 5.97 Å². The zero-order chi connectivity index (χ0) is 11.9. The number of thioether (sulfide) groups is 1. The molecule has 2 unspecified atom stereocenters. The highest BCUT2D eigenvalue weighted by atomic mass is 32.2. The molecule has 2 aliphatic rings. The fourth-order valence-corrected chi connectivity index (χ4v) is 3.29. The van der Waals surface area contributed by atoms with Gasteiger partial charge in [-0.15, -0.1) is 0 Å². The first-order valence-corrected chi connectivity index (χ1v) is 6.55. The molecule has 2 atom stereocenters. The lowest BCUT2D eigenvalue weighted by Gasteiger charge is -2.37. The van der Waals surface area contributed by atoms with Crippen LogP contribution in [0.15, 0.2) is 0 Å². The Morgan fingerprint density at radius 3 is 2.56 bits per heavy atom. The van der Waals surface area contributed by atoms with Gasteiger partial charge in [0, 0.05) is 23.6 Å². The van der Waals surface area contributed by atoms with Gasteiger partial charge in [-0.05, 0) is 20.3 Å². The highest BCUT2D eigenvalue weighted by Crippen LogP contribution is 2.41. The summed E-state index contributed by atoms with van der Waals surface area (Å²) >= 11 is 1.87. The largest absolute Gasteiger partial charge is 0.481 e. The third-order valence-electron chi connectivity index (χ3n) is 3.16. The summed E-state index contributed by atoms with van der Waals surface area (Å²) in [5.41, 5.74) is 0. The van der Waals surface area contributed by atoms with Gasteiger partial charge in [0.05, 0.1) is 11.8 Å². The van der Waals surface area contributed by atoms with Crippen molar-refractivity contribution >= 4 is 23.6 Å². The number of hydrogen-bond donors (Lipinski definition) is 1. The van der Waals surface area contributed by atoms with Gasteiger partial charge < -0.3 is 10.0 Å². The molecule has 0 aromatic carbocycles. The lowest BCUT2D eigenvalue weighted by atomic mass is 10.1. The second-order valence-corrected chi connectivity index (χ2v) is 6.96. The Hall–Kier alpha value is -0.710. The van der Waals surface area contributed by atoms with Gasteiger partial charge in [-0.2, -0.15) is 11.8 Å². The number of carboxylic acids is 1. The number of carbonyl (C=O) groups excluding carboxylic acids is 1. The summed E-state index contributed by atoms with van der Waals surface area (Å²) in [4.78, 5) is 24.6. The normalized spacial score (nSPS) is 32.2. The van der Waals surface area contributed by atoms with Crippen LogP contribution in [0.5, 0.6) is 0 Å². The van der Waals surface area contributed by atoms with E-state index in [2.05, 4.69) is 13.8 Å². The van der Waals surface area contributed by atoms with Crippen molar-refractivity contribution in [2.75, 3.05) is 18.8 Å². The van der Waals surface area contributed by atoms with Crippen molar-refractivity contribution in [3.63, 3.8) is 0 Å². The summed E-state index contributed by atoms with van der Waals surface area (Å²) in [7, 11) is 0. The maximum atomic E-state index is 12.0. The minimum absolute atomic E-state index is 0.0424. The third-order valence-corrected chi connectivity index (χ3v) is 4.46. The maximum Gasteiger partial charge on any atom is 0.307 e. The van der Waals surface area contributed by atoms with E-state index in [9.17, 15) is 9.59 Å². The van der Waals surface area contributed by atoms with E-state index in [1.807, 2.05) is 16.7 Å². The summed E-state index contributed by atoms with van der Waals surface area (Å²) in [6, 6.07) is 0. The molecular formula is C11H17NO3S. The molecule has 0 aromatic heterocycles. The molecule has 0 aromatic rings. The number of hydrogen-bond acceptors (Lipinski definition) is 3. The second kappa shape index (κ2) is 3.95. The molecule has 1 aliphatic heterocycles. The van der Waals surface area contributed by atoms with Crippen LogP contribution in [-0.2, 0) is 9.59 Å². The molecule has 0 spiro atoms. The van der Waals surface area contributed by atoms with Crippen LogP contribution in [0.2, 0.25) is 0 Å². The van der Waals surface area contributed by atoms with Crippen molar-refractivity contribution in [2.45, 2.75) is 25.0 Å². The fraction of sp³-hybridized carbons (Fsp3) is 0.818. The Morgan fingerprint density at radius 1 is 1.38 bits per heavy atom. The standard InChI is InChI=1S/C11H17NO3S/c1-11(2)6-12(3-4-16-11)9(13)7-5-8(7)10(14)15/h7-8H,3-6H2,1-2H3,(H,14,15). The summed E-state index contributed by atoms with van der Waals surface area (Å²) in [6.07, 6.45) is 0.526. The lowest BCUT2D eigenvalue weighted by Crippen LogP contribution is -2.47. The van der Waals surface area contributed by atoms with Crippen molar-refractivity contribution in [1.29, 1.82) is 0 Å². The van der Waals surface area contributed by atoms with Crippen LogP contribution < -0.4 is 0 Å². The number of aliphatic carboxylic acids is 1. The number of nitrogens with zero attached hydrogens (tertiary/aromatic N) is 1. The van der Waals surface area contributed by atoms with Crippen LogP contribution >= 0.6 is 11.8 Å². The van der Waals surface area contributed by atoms with E-state index in [-0.39, 0.29) is 16.6 Å². The number of carbonyl (C=O) groups is 2. The summed E-state index contributed by atoms with van der Waals surface area (Å²) < 4.78 is 0.0987. The molecule has 5 heteroatoms. The Bertz CT molecular complexity index is 329. The van der Waals surface area contributed by atoms with Crippen LogP contribution in [0, 0.1) is 11.8 Å². The van der Waals surface area contributed by atoms with Gasteiger partial charge in [0.25, 0.3) is 0 Å². The van der Waals surface area contributed by atoms with E-state index in [0.29, 0.717) is 6.42 Å². The molecule has 4 nitrogen and oxygen atoms in total. The Balaban J connectivity index is 1.93. The molecule has 1 N–H and O–H groups in total. The second-order valence-electron chi connectivity index (χ2n) is 5.15. The predicted octanol–water partition coefficient (Wildman–Crippen LogP) is 1.06. The topological polar surface area (TPSA) is 57.6 Å². The minimum atomic E-state index is -0.830. The van der Waals surface area contributed by atoms with E-state index < -0.39 is 11.9 Å². The Morgan fingerprint density at radius 2 is 2.06 bits per heavy atom. The molecule has 0 bridgehead atoms. The highest BCUT2D eigenvalue weighted by molar-refractivity contribution is 8.00. The summed E-state index contributed by atoms with van der Waals surface area (Å²) in [5, 5.41) is 8.80. The average molecular weight is 243 g/mol.